The molecule has 1 rings (SSSR count). The highest BCUT2D eigenvalue weighted by atomic mass is 16.5. The molecule has 1 saturated carbocycles. The van der Waals surface area contributed by atoms with Crippen molar-refractivity contribution in [1.82, 2.24) is 5.32 Å². The minimum atomic E-state index is 0.380. The van der Waals surface area contributed by atoms with E-state index in [1.807, 2.05) is 7.11 Å². The van der Waals surface area contributed by atoms with E-state index < -0.39 is 0 Å². The van der Waals surface area contributed by atoms with Gasteiger partial charge in [-0.2, -0.15) is 0 Å². The van der Waals surface area contributed by atoms with Crippen LogP contribution in [0.1, 0.15) is 60.3 Å². The van der Waals surface area contributed by atoms with E-state index in [-0.39, 0.29) is 0 Å². The fourth-order valence-corrected chi connectivity index (χ4v) is 3.40. The van der Waals surface area contributed by atoms with Crippen molar-refractivity contribution in [1.29, 1.82) is 0 Å². The zero-order valence-corrected chi connectivity index (χ0v) is 14.0. The molecule has 0 unspecified atom stereocenters. The predicted octanol–water partition coefficient (Wildman–Crippen LogP) is 4.10. The van der Waals surface area contributed by atoms with Crippen molar-refractivity contribution < 1.29 is 4.74 Å². The molecule has 0 bridgehead atoms. The molecule has 1 fully saturated rings. The molecule has 0 saturated heterocycles. The Morgan fingerprint density at radius 2 is 1.79 bits per heavy atom. The molecule has 1 aliphatic rings. The number of ether oxygens (including phenoxy) is 1. The lowest BCUT2D eigenvalue weighted by Crippen LogP contribution is -2.43. The van der Waals surface area contributed by atoms with Crippen molar-refractivity contribution in [2.75, 3.05) is 26.8 Å². The summed E-state index contributed by atoms with van der Waals surface area (Å²) in [5, 5.41) is 3.65. The first-order chi connectivity index (χ1) is 8.79. The summed E-state index contributed by atoms with van der Waals surface area (Å²) in [7, 11) is 1.85. The molecular formula is C17H35NO. The van der Waals surface area contributed by atoms with E-state index >= 15 is 0 Å². The highest BCUT2D eigenvalue weighted by Crippen LogP contribution is 2.45. The molecule has 1 aliphatic carbocycles. The Morgan fingerprint density at radius 1 is 1.21 bits per heavy atom. The van der Waals surface area contributed by atoms with Gasteiger partial charge in [0, 0.05) is 19.1 Å². The summed E-state index contributed by atoms with van der Waals surface area (Å²) >= 11 is 0. The number of nitrogens with one attached hydrogen (secondary N) is 1. The minimum Gasteiger partial charge on any atom is -0.384 e. The van der Waals surface area contributed by atoms with Gasteiger partial charge in [0.25, 0.3) is 0 Å². The van der Waals surface area contributed by atoms with Crippen molar-refractivity contribution >= 4 is 0 Å². The molecule has 0 aliphatic heterocycles. The Balaban J connectivity index is 2.51. The molecule has 0 aromatic rings. The molecule has 19 heavy (non-hydrogen) atoms. The molecule has 0 aromatic carbocycles. The van der Waals surface area contributed by atoms with Crippen molar-refractivity contribution in [3.05, 3.63) is 0 Å². The largest absolute Gasteiger partial charge is 0.384 e. The first-order valence-electron chi connectivity index (χ1n) is 7.99. The zero-order valence-electron chi connectivity index (χ0n) is 14.0. The van der Waals surface area contributed by atoms with Gasteiger partial charge >= 0.3 is 0 Å². The Labute approximate surface area is 120 Å². The lowest BCUT2D eigenvalue weighted by molar-refractivity contribution is 0.0164. The molecule has 0 spiro atoms. The minimum absolute atomic E-state index is 0.380. The van der Waals surface area contributed by atoms with Crippen LogP contribution < -0.4 is 5.32 Å². The van der Waals surface area contributed by atoms with E-state index in [0.29, 0.717) is 10.8 Å². The maximum Gasteiger partial charge on any atom is 0.0530 e. The van der Waals surface area contributed by atoms with E-state index in [4.69, 9.17) is 4.74 Å². The summed E-state index contributed by atoms with van der Waals surface area (Å²) in [5.41, 5.74) is 0.843. The second-order valence-electron chi connectivity index (χ2n) is 8.10. The van der Waals surface area contributed by atoms with Crippen LogP contribution in [0.5, 0.6) is 0 Å². The highest BCUT2D eigenvalue weighted by molar-refractivity contribution is 4.90. The monoisotopic (exact) mass is 269 g/mol. The van der Waals surface area contributed by atoms with Crippen molar-refractivity contribution in [3.63, 3.8) is 0 Å². The standard InChI is InChI=1S/C17H35NO/c1-14(2)11-18-12-17(13-19-6)9-7-15(8-10-17)16(3,4)5/h14-15,18H,7-13H2,1-6H3. The Morgan fingerprint density at radius 3 is 2.21 bits per heavy atom. The van der Waals surface area contributed by atoms with Crippen LogP contribution in [0.3, 0.4) is 0 Å². The fraction of sp³-hybridized carbons (Fsp3) is 1.00. The smallest absolute Gasteiger partial charge is 0.0530 e. The van der Waals surface area contributed by atoms with Crippen LogP contribution in [-0.2, 0) is 4.74 Å². The third-order valence-electron chi connectivity index (χ3n) is 4.77. The van der Waals surface area contributed by atoms with Gasteiger partial charge in [-0.3, -0.25) is 0 Å². The van der Waals surface area contributed by atoms with Crippen LogP contribution in [0.2, 0.25) is 0 Å². The maximum absolute atomic E-state index is 5.52. The van der Waals surface area contributed by atoms with Crippen LogP contribution in [0.15, 0.2) is 0 Å². The Bertz CT molecular complexity index is 246. The quantitative estimate of drug-likeness (QED) is 0.784. The van der Waals surface area contributed by atoms with Gasteiger partial charge in [-0.1, -0.05) is 34.6 Å². The van der Waals surface area contributed by atoms with E-state index in [2.05, 4.69) is 39.9 Å². The van der Waals surface area contributed by atoms with Crippen LogP contribution in [0.25, 0.3) is 0 Å². The summed E-state index contributed by atoms with van der Waals surface area (Å²) < 4.78 is 5.52. The molecule has 114 valence electrons. The molecule has 0 heterocycles. The van der Waals surface area contributed by atoms with Crippen LogP contribution in [0.4, 0.5) is 0 Å². The fourth-order valence-electron chi connectivity index (χ4n) is 3.40. The first kappa shape index (κ1) is 17.0. The van der Waals surface area contributed by atoms with Gasteiger partial charge < -0.3 is 10.1 Å². The van der Waals surface area contributed by atoms with Gasteiger partial charge in [-0.05, 0) is 49.5 Å². The summed E-state index contributed by atoms with van der Waals surface area (Å²) in [6.07, 6.45) is 5.34. The lowest BCUT2D eigenvalue weighted by Gasteiger charge is -2.44. The van der Waals surface area contributed by atoms with Crippen molar-refractivity contribution in [2.45, 2.75) is 60.3 Å². The second-order valence-corrected chi connectivity index (χ2v) is 8.10. The first-order valence-corrected chi connectivity index (χ1v) is 7.99. The third-order valence-corrected chi connectivity index (χ3v) is 4.77. The molecule has 0 atom stereocenters. The van der Waals surface area contributed by atoms with Gasteiger partial charge in [-0.15, -0.1) is 0 Å². The normalized spacial score (nSPS) is 28.9. The number of rotatable bonds is 6. The van der Waals surface area contributed by atoms with Gasteiger partial charge in [0.2, 0.25) is 0 Å². The summed E-state index contributed by atoms with van der Waals surface area (Å²) in [6.45, 7) is 14.9. The number of methoxy groups -OCH3 is 1. The zero-order chi connectivity index (χ0) is 14.5. The van der Waals surface area contributed by atoms with E-state index in [0.717, 1.165) is 31.5 Å². The molecule has 0 amide bonds. The van der Waals surface area contributed by atoms with Gasteiger partial charge in [0.15, 0.2) is 0 Å². The van der Waals surface area contributed by atoms with Crippen molar-refractivity contribution in [3.8, 4) is 0 Å². The molecule has 2 nitrogen and oxygen atoms in total. The van der Waals surface area contributed by atoms with Gasteiger partial charge in [-0.25, -0.2) is 0 Å². The second kappa shape index (κ2) is 7.08. The topological polar surface area (TPSA) is 21.3 Å². The molecule has 2 heteroatoms. The number of hydrogen-bond donors (Lipinski definition) is 1. The Hall–Kier alpha value is -0.0800. The summed E-state index contributed by atoms with van der Waals surface area (Å²) in [5.74, 6) is 1.60. The number of hydrogen-bond acceptors (Lipinski definition) is 2. The van der Waals surface area contributed by atoms with Gasteiger partial charge in [0.1, 0.15) is 0 Å². The van der Waals surface area contributed by atoms with Crippen molar-refractivity contribution in [2.24, 2.45) is 22.7 Å². The highest BCUT2D eigenvalue weighted by Gasteiger charge is 2.38. The SMILES string of the molecule is COCC1(CNCC(C)C)CCC(C(C)(C)C)CC1. The molecular weight excluding hydrogens is 234 g/mol. The van der Waals surface area contributed by atoms with E-state index in [9.17, 15) is 0 Å². The molecule has 0 radical (unpaired) electrons. The third kappa shape index (κ3) is 5.43. The van der Waals surface area contributed by atoms with Crippen LogP contribution in [-0.4, -0.2) is 26.8 Å². The predicted molar refractivity (Wildman–Crippen MR) is 83.4 cm³/mol. The lowest BCUT2D eigenvalue weighted by atomic mass is 9.64. The molecule has 0 aromatic heterocycles. The van der Waals surface area contributed by atoms with Crippen LogP contribution >= 0.6 is 0 Å². The van der Waals surface area contributed by atoms with Crippen LogP contribution in [0, 0.1) is 22.7 Å². The van der Waals surface area contributed by atoms with Gasteiger partial charge in [0.05, 0.1) is 6.61 Å². The summed E-state index contributed by atoms with van der Waals surface area (Å²) in [6, 6.07) is 0. The average molecular weight is 269 g/mol. The Kier molecular flexibility index (Phi) is 6.32. The van der Waals surface area contributed by atoms with E-state index in [1.165, 1.54) is 25.7 Å². The maximum atomic E-state index is 5.52. The van der Waals surface area contributed by atoms with E-state index in [1.54, 1.807) is 0 Å². The molecule has 1 N–H and O–H groups in total. The average Bonchev–Trinajstić information content (AvgIpc) is 2.28. The summed E-state index contributed by atoms with van der Waals surface area (Å²) in [4.78, 5) is 0.